The summed E-state index contributed by atoms with van der Waals surface area (Å²) in [6, 6.07) is 6.03. The Balaban J connectivity index is 2.62. The molecule has 4 heteroatoms. The zero-order valence-corrected chi connectivity index (χ0v) is 13.0. The average molecular weight is 280 g/mol. The topological polar surface area (TPSA) is 47.7 Å². The van der Waals surface area contributed by atoms with Crippen molar-refractivity contribution in [1.29, 1.82) is 0 Å². The number of benzene rings is 1. The van der Waals surface area contributed by atoms with Crippen LogP contribution in [0.1, 0.15) is 25.3 Å². The number of nitrogens with two attached hydrogens (primary N) is 1. The largest absolute Gasteiger partial charge is 0.493 e. The van der Waals surface area contributed by atoms with Crippen LogP contribution < -0.4 is 15.2 Å². The van der Waals surface area contributed by atoms with Crippen LogP contribution in [0.3, 0.4) is 0 Å². The highest BCUT2D eigenvalue weighted by atomic mass is 16.5. The summed E-state index contributed by atoms with van der Waals surface area (Å²) in [5, 5.41) is 0. The van der Waals surface area contributed by atoms with Crippen molar-refractivity contribution in [1.82, 2.24) is 4.90 Å². The second-order valence-corrected chi connectivity index (χ2v) is 5.16. The lowest BCUT2D eigenvalue weighted by atomic mass is 10.1. The molecule has 0 aromatic heterocycles. The highest BCUT2D eigenvalue weighted by molar-refractivity contribution is 5.41. The van der Waals surface area contributed by atoms with Crippen molar-refractivity contribution in [2.45, 2.75) is 26.2 Å². The van der Waals surface area contributed by atoms with Crippen LogP contribution in [0.2, 0.25) is 0 Å². The third-order valence-corrected chi connectivity index (χ3v) is 2.93. The van der Waals surface area contributed by atoms with E-state index in [1.807, 2.05) is 12.1 Å². The van der Waals surface area contributed by atoms with Gasteiger partial charge in [0.1, 0.15) is 11.5 Å². The van der Waals surface area contributed by atoms with Gasteiger partial charge in [-0.25, -0.2) is 0 Å². The molecule has 2 N–H and O–H groups in total. The monoisotopic (exact) mass is 280 g/mol. The molecule has 0 fully saturated rings. The molecule has 0 aliphatic carbocycles. The molecule has 0 spiro atoms. The molecule has 0 radical (unpaired) electrons. The van der Waals surface area contributed by atoms with Crippen molar-refractivity contribution in [3.63, 3.8) is 0 Å². The standard InChI is InChI=1S/C16H28N2O2/c1-4-11-19-15-7-6-14(8-9-17)16(13-15)20-12-5-10-18(2)3/h6-7,13H,4-5,8-12,17H2,1-3H3. The van der Waals surface area contributed by atoms with E-state index in [0.29, 0.717) is 13.2 Å². The van der Waals surface area contributed by atoms with E-state index in [9.17, 15) is 0 Å². The fraction of sp³-hybridized carbons (Fsp3) is 0.625. The van der Waals surface area contributed by atoms with Gasteiger partial charge in [-0.1, -0.05) is 13.0 Å². The molecule has 0 aliphatic rings. The van der Waals surface area contributed by atoms with Crippen LogP contribution in [0, 0.1) is 0 Å². The Morgan fingerprint density at radius 2 is 1.95 bits per heavy atom. The van der Waals surface area contributed by atoms with Crippen molar-refractivity contribution < 1.29 is 9.47 Å². The minimum atomic E-state index is 0.628. The minimum Gasteiger partial charge on any atom is -0.493 e. The quantitative estimate of drug-likeness (QED) is 0.668. The molecule has 20 heavy (non-hydrogen) atoms. The second kappa shape index (κ2) is 9.61. The Morgan fingerprint density at radius 3 is 2.60 bits per heavy atom. The molecule has 1 rings (SSSR count). The van der Waals surface area contributed by atoms with Crippen molar-refractivity contribution in [3.8, 4) is 11.5 Å². The van der Waals surface area contributed by atoms with Crippen molar-refractivity contribution >= 4 is 0 Å². The Labute approximate surface area is 122 Å². The minimum absolute atomic E-state index is 0.628. The van der Waals surface area contributed by atoms with Crippen LogP contribution in [-0.4, -0.2) is 45.3 Å². The lowest BCUT2D eigenvalue weighted by Crippen LogP contribution is -2.16. The fourth-order valence-electron chi connectivity index (χ4n) is 1.90. The summed E-state index contributed by atoms with van der Waals surface area (Å²) in [5.74, 6) is 1.78. The normalized spacial score (nSPS) is 10.8. The molecule has 0 aliphatic heterocycles. The van der Waals surface area contributed by atoms with E-state index in [0.717, 1.165) is 49.5 Å². The molecule has 0 amide bonds. The summed E-state index contributed by atoms with van der Waals surface area (Å²) in [6.45, 7) is 5.20. The van der Waals surface area contributed by atoms with Gasteiger partial charge in [-0.05, 0) is 51.5 Å². The first-order valence-electron chi connectivity index (χ1n) is 7.40. The molecule has 0 bridgehead atoms. The van der Waals surface area contributed by atoms with Gasteiger partial charge in [-0.3, -0.25) is 0 Å². The molecule has 1 aromatic rings. The van der Waals surface area contributed by atoms with Gasteiger partial charge in [-0.15, -0.1) is 0 Å². The second-order valence-electron chi connectivity index (χ2n) is 5.16. The molecule has 0 atom stereocenters. The van der Waals surface area contributed by atoms with Crippen molar-refractivity contribution in [2.75, 3.05) is 40.4 Å². The predicted octanol–water partition coefficient (Wildman–Crippen LogP) is 2.31. The molecule has 0 heterocycles. The molecule has 0 saturated carbocycles. The third-order valence-electron chi connectivity index (χ3n) is 2.93. The summed E-state index contributed by atoms with van der Waals surface area (Å²) in [6.07, 6.45) is 2.84. The predicted molar refractivity (Wildman–Crippen MR) is 83.7 cm³/mol. The van der Waals surface area contributed by atoms with E-state index in [2.05, 4.69) is 32.0 Å². The Morgan fingerprint density at radius 1 is 1.15 bits per heavy atom. The first-order chi connectivity index (χ1) is 9.67. The van der Waals surface area contributed by atoms with Gasteiger partial charge in [0.2, 0.25) is 0 Å². The number of rotatable bonds is 10. The average Bonchev–Trinajstić information content (AvgIpc) is 2.43. The summed E-state index contributed by atoms with van der Waals surface area (Å²) < 4.78 is 11.6. The fourth-order valence-corrected chi connectivity index (χ4v) is 1.90. The van der Waals surface area contributed by atoms with E-state index < -0.39 is 0 Å². The van der Waals surface area contributed by atoms with E-state index in [1.165, 1.54) is 0 Å². The molecule has 0 unspecified atom stereocenters. The van der Waals surface area contributed by atoms with Gasteiger partial charge >= 0.3 is 0 Å². The van der Waals surface area contributed by atoms with Crippen LogP contribution in [-0.2, 0) is 6.42 Å². The van der Waals surface area contributed by atoms with Crippen molar-refractivity contribution in [3.05, 3.63) is 23.8 Å². The highest BCUT2D eigenvalue weighted by Crippen LogP contribution is 2.25. The molecular weight excluding hydrogens is 252 g/mol. The van der Waals surface area contributed by atoms with Gasteiger partial charge in [0.15, 0.2) is 0 Å². The smallest absolute Gasteiger partial charge is 0.126 e. The van der Waals surface area contributed by atoms with Gasteiger partial charge in [0, 0.05) is 12.6 Å². The Kier molecular flexibility index (Phi) is 8.07. The lowest BCUT2D eigenvalue weighted by Gasteiger charge is -2.14. The third kappa shape index (κ3) is 6.26. The number of hydrogen-bond acceptors (Lipinski definition) is 4. The summed E-state index contributed by atoms with van der Waals surface area (Å²) >= 11 is 0. The van der Waals surface area contributed by atoms with E-state index in [-0.39, 0.29) is 0 Å². The summed E-state index contributed by atoms with van der Waals surface area (Å²) in [5.41, 5.74) is 6.80. The molecule has 1 aromatic carbocycles. The zero-order valence-electron chi connectivity index (χ0n) is 13.0. The van der Waals surface area contributed by atoms with Crippen LogP contribution in [0.5, 0.6) is 11.5 Å². The summed E-state index contributed by atoms with van der Waals surface area (Å²) in [7, 11) is 4.14. The number of nitrogens with zero attached hydrogens (tertiary/aromatic N) is 1. The van der Waals surface area contributed by atoms with Gasteiger partial charge in [0.25, 0.3) is 0 Å². The molecule has 114 valence electrons. The lowest BCUT2D eigenvalue weighted by molar-refractivity contribution is 0.275. The number of ether oxygens (including phenoxy) is 2. The molecular formula is C16H28N2O2. The first kappa shape index (κ1) is 16.8. The maximum Gasteiger partial charge on any atom is 0.126 e. The maximum atomic E-state index is 5.90. The SMILES string of the molecule is CCCOc1ccc(CCN)c(OCCCN(C)C)c1. The Bertz CT molecular complexity index is 381. The van der Waals surface area contributed by atoms with Crippen LogP contribution in [0.4, 0.5) is 0 Å². The zero-order chi connectivity index (χ0) is 14.8. The maximum absolute atomic E-state index is 5.90. The molecule has 4 nitrogen and oxygen atoms in total. The van der Waals surface area contributed by atoms with Crippen LogP contribution in [0.15, 0.2) is 18.2 Å². The number of hydrogen-bond donors (Lipinski definition) is 1. The van der Waals surface area contributed by atoms with Crippen LogP contribution >= 0.6 is 0 Å². The van der Waals surface area contributed by atoms with Gasteiger partial charge in [-0.2, -0.15) is 0 Å². The molecule has 0 saturated heterocycles. The highest BCUT2D eigenvalue weighted by Gasteiger charge is 2.06. The van der Waals surface area contributed by atoms with Gasteiger partial charge < -0.3 is 20.1 Å². The Hall–Kier alpha value is -1.26. The van der Waals surface area contributed by atoms with Crippen molar-refractivity contribution in [2.24, 2.45) is 5.73 Å². The first-order valence-corrected chi connectivity index (χ1v) is 7.40. The van der Waals surface area contributed by atoms with Crippen LogP contribution in [0.25, 0.3) is 0 Å². The van der Waals surface area contributed by atoms with Gasteiger partial charge in [0.05, 0.1) is 13.2 Å². The van der Waals surface area contributed by atoms with E-state index in [4.69, 9.17) is 15.2 Å². The van der Waals surface area contributed by atoms with E-state index >= 15 is 0 Å². The van der Waals surface area contributed by atoms with E-state index in [1.54, 1.807) is 0 Å². The summed E-state index contributed by atoms with van der Waals surface area (Å²) in [4.78, 5) is 2.16.